The van der Waals surface area contributed by atoms with Gasteiger partial charge in [0.1, 0.15) is 17.9 Å². The van der Waals surface area contributed by atoms with Gasteiger partial charge in [-0.15, -0.1) is 0 Å². The van der Waals surface area contributed by atoms with Crippen molar-refractivity contribution in [2.75, 3.05) is 14.2 Å². The molecule has 0 aliphatic heterocycles. The Morgan fingerprint density at radius 2 is 1.70 bits per heavy atom. The zero-order chi connectivity index (χ0) is 21.1. The van der Waals surface area contributed by atoms with E-state index in [9.17, 15) is 4.79 Å². The van der Waals surface area contributed by atoms with Gasteiger partial charge < -0.3 is 18.6 Å². The van der Waals surface area contributed by atoms with Crippen LogP contribution < -0.4 is 19.8 Å². The van der Waals surface area contributed by atoms with E-state index in [-0.39, 0.29) is 0 Å². The number of fused-ring (bicyclic) bond motifs is 1. The molecule has 152 valence electrons. The first-order valence-electron chi connectivity index (χ1n) is 9.58. The van der Waals surface area contributed by atoms with E-state index < -0.39 is 5.63 Å². The van der Waals surface area contributed by atoms with Crippen molar-refractivity contribution in [1.29, 1.82) is 0 Å². The maximum absolute atomic E-state index is 13.0. The monoisotopic (exact) mass is 402 g/mol. The van der Waals surface area contributed by atoms with Gasteiger partial charge in [0.2, 0.25) is 0 Å². The predicted molar refractivity (Wildman–Crippen MR) is 117 cm³/mol. The second kappa shape index (κ2) is 8.33. The average molecular weight is 402 g/mol. The van der Waals surface area contributed by atoms with Crippen molar-refractivity contribution in [3.8, 4) is 28.4 Å². The van der Waals surface area contributed by atoms with Gasteiger partial charge in [-0.3, -0.25) is 0 Å². The highest BCUT2D eigenvalue weighted by atomic mass is 16.5. The van der Waals surface area contributed by atoms with Crippen LogP contribution in [0, 0.1) is 6.92 Å². The third kappa shape index (κ3) is 3.62. The molecule has 0 N–H and O–H groups in total. The fourth-order valence-corrected chi connectivity index (χ4v) is 3.53. The first kappa shape index (κ1) is 19.6. The number of methoxy groups -OCH3 is 2. The number of para-hydroxylation sites is 1. The van der Waals surface area contributed by atoms with Gasteiger partial charge in [0.15, 0.2) is 11.5 Å². The zero-order valence-electron chi connectivity index (χ0n) is 17.1. The maximum atomic E-state index is 13.0. The van der Waals surface area contributed by atoms with E-state index in [0.29, 0.717) is 40.6 Å². The van der Waals surface area contributed by atoms with Crippen molar-refractivity contribution in [3.05, 3.63) is 88.3 Å². The fraction of sp³-hybridized carbons (Fsp3) is 0.160. The Morgan fingerprint density at radius 1 is 0.900 bits per heavy atom. The Kier molecular flexibility index (Phi) is 5.44. The van der Waals surface area contributed by atoms with E-state index in [1.54, 1.807) is 20.3 Å². The molecule has 3 aromatic carbocycles. The van der Waals surface area contributed by atoms with Gasteiger partial charge in [0.05, 0.1) is 19.8 Å². The van der Waals surface area contributed by atoms with Crippen LogP contribution in [0.5, 0.6) is 17.2 Å². The fourth-order valence-electron chi connectivity index (χ4n) is 3.53. The van der Waals surface area contributed by atoms with Gasteiger partial charge in [0.25, 0.3) is 0 Å². The smallest absolute Gasteiger partial charge is 0.344 e. The molecule has 1 aromatic heterocycles. The molecule has 0 spiro atoms. The van der Waals surface area contributed by atoms with Crippen molar-refractivity contribution >= 4 is 11.0 Å². The Hall–Kier alpha value is -3.73. The Labute approximate surface area is 174 Å². The maximum Gasteiger partial charge on any atom is 0.344 e. The molecular formula is C25H22O5. The van der Waals surface area contributed by atoms with Gasteiger partial charge in [-0.05, 0) is 36.2 Å². The second-order valence-electron chi connectivity index (χ2n) is 6.86. The molecule has 4 aromatic rings. The third-order valence-corrected chi connectivity index (χ3v) is 5.07. The van der Waals surface area contributed by atoms with Crippen LogP contribution in [0.25, 0.3) is 22.1 Å². The number of hydrogen-bond donors (Lipinski definition) is 0. The van der Waals surface area contributed by atoms with Crippen molar-refractivity contribution in [3.63, 3.8) is 0 Å². The molecule has 5 heteroatoms. The van der Waals surface area contributed by atoms with Crippen LogP contribution in [0.15, 0.2) is 75.9 Å². The summed E-state index contributed by atoms with van der Waals surface area (Å²) in [6.45, 7) is 2.25. The van der Waals surface area contributed by atoms with Gasteiger partial charge in [-0.2, -0.15) is 0 Å². The van der Waals surface area contributed by atoms with Crippen LogP contribution in [0.1, 0.15) is 11.1 Å². The number of benzene rings is 3. The summed E-state index contributed by atoms with van der Waals surface area (Å²) in [5.74, 6) is 1.69. The van der Waals surface area contributed by atoms with Gasteiger partial charge in [-0.25, -0.2) is 4.79 Å². The minimum Gasteiger partial charge on any atom is -0.497 e. The lowest BCUT2D eigenvalue weighted by Gasteiger charge is -2.16. The largest absolute Gasteiger partial charge is 0.497 e. The highest BCUT2D eigenvalue weighted by Gasteiger charge is 2.20. The summed E-state index contributed by atoms with van der Waals surface area (Å²) in [4.78, 5) is 13.0. The van der Waals surface area contributed by atoms with Gasteiger partial charge in [-0.1, -0.05) is 42.5 Å². The highest BCUT2D eigenvalue weighted by Crippen LogP contribution is 2.40. The molecule has 1 heterocycles. The number of ether oxygens (including phenoxy) is 3. The summed E-state index contributed by atoms with van der Waals surface area (Å²) in [5.41, 5.74) is 2.95. The third-order valence-electron chi connectivity index (χ3n) is 5.07. The Bertz CT molecular complexity index is 1240. The molecule has 0 fully saturated rings. The number of rotatable bonds is 6. The summed E-state index contributed by atoms with van der Waals surface area (Å²) in [7, 11) is 3.16. The number of hydrogen-bond acceptors (Lipinski definition) is 5. The van der Waals surface area contributed by atoms with E-state index in [1.165, 1.54) is 0 Å². The molecule has 0 saturated carbocycles. The van der Waals surface area contributed by atoms with Gasteiger partial charge in [0, 0.05) is 17.0 Å². The van der Waals surface area contributed by atoms with E-state index in [1.807, 2.05) is 67.6 Å². The first-order chi connectivity index (χ1) is 14.6. The Balaban J connectivity index is 1.86. The van der Waals surface area contributed by atoms with Crippen LogP contribution in [-0.2, 0) is 6.61 Å². The van der Waals surface area contributed by atoms with Crippen LogP contribution >= 0.6 is 0 Å². The summed E-state index contributed by atoms with van der Waals surface area (Å²) in [6.07, 6.45) is 0. The molecule has 0 aliphatic rings. The lowest BCUT2D eigenvalue weighted by Crippen LogP contribution is -2.08. The molecule has 0 aliphatic carbocycles. The van der Waals surface area contributed by atoms with E-state index in [0.717, 1.165) is 16.5 Å². The molecule has 0 unspecified atom stereocenters. The Morgan fingerprint density at radius 3 is 2.43 bits per heavy atom. The lowest BCUT2D eigenvalue weighted by molar-refractivity contribution is 0.285. The zero-order valence-corrected chi connectivity index (χ0v) is 17.1. The molecule has 0 amide bonds. The summed E-state index contributed by atoms with van der Waals surface area (Å²) < 4.78 is 22.5. The molecule has 5 nitrogen and oxygen atoms in total. The van der Waals surface area contributed by atoms with E-state index in [4.69, 9.17) is 18.6 Å². The summed E-state index contributed by atoms with van der Waals surface area (Å²) >= 11 is 0. The minimum atomic E-state index is -0.439. The van der Waals surface area contributed by atoms with Crippen molar-refractivity contribution in [1.82, 2.24) is 0 Å². The topological polar surface area (TPSA) is 57.9 Å². The number of aryl methyl sites for hydroxylation is 1. The van der Waals surface area contributed by atoms with Crippen molar-refractivity contribution in [2.24, 2.45) is 0 Å². The van der Waals surface area contributed by atoms with Crippen molar-refractivity contribution in [2.45, 2.75) is 13.5 Å². The summed E-state index contributed by atoms with van der Waals surface area (Å²) in [6, 6.07) is 20.8. The van der Waals surface area contributed by atoms with Gasteiger partial charge >= 0.3 is 5.63 Å². The second-order valence-corrected chi connectivity index (χ2v) is 6.86. The average Bonchev–Trinajstić information content (AvgIpc) is 2.78. The molecule has 0 saturated heterocycles. The SMILES string of the molecule is COc1ccc2c(C)c(-c3cccc(OC)c3OCc3ccccc3)c(=O)oc2c1. The standard InChI is InChI=1S/C25H22O5/c1-16-19-13-12-18(27-2)14-22(19)30-25(26)23(16)20-10-7-11-21(28-3)24(20)29-15-17-8-5-4-6-9-17/h4-14H,15H2,1-3H3. The van der Waals surface area contributed by atoms with Crippen LogP contribution in [0.2, 0.25) is 0 Å². The molecule has 4 rings (SSSR count). The molecule has 30 heavy (non-hydrogen) atoms. The van der Waals surface area contributed by atoms with Crippen LogP contribution in [0.4, 0.5) is 0 Å². The molecule has 0 atom stereocenters. The van der Waals surface area contributed by atoms with Crippen LogP contribution in [0.3, 0.4) is 0 Å². The molecular weight excluding hydrogens is 380 g/mol. The normalized spacial score (nSPS) is 10.8. The van der Waals surface area contributed by atoms with E-state index in [2.05, 4.69) is 0 Å². The van der Waals surface area contributed by atoms with Crippen molar-refractivity contribution < 1.29 is 18.6 Å². The minimum absolute atomic E-state index is 0.351. The molecule has 0 radical (unpaired) electrons. The quantitative estimate of drug-likeness (QED) is 0.406. The first-order valence-corrected chi connectivity index (χ1v) is 9.58. The molecule has 0 bridgehead atoms. The predicted octanol–water partition coefficient (Wildman–Crippen LogP) is 5.36. The highest BCUT2D eigenvalue weighted by molar-refractivity contribution is 5.89. The van der Waals surface area contributed by atoms with E-state index >= 15 is 0 Å². The summed E-state index contributed by atoms with van der Waals surface area (Å²) in [5, 5.41) is 0.835. The van der Waals surface area contributed by atoms with Crippen LogP contribution in [-0.4, -0.2) is 14.2 Å². The lowest BCUT2D eigenvalue weighted by atomic mass is 9.98.